The second-order valence-electron chi connectivity index (χ2n) is 4.55. The van der Waals surface area contributed by atoms with Gasteiger partial charge in [0.15, 0.2) is 0 Å². The van der Waals surface area contributed by atoms with Crippen LogP contribution in [-0.4, -0.2) is 86.9 Å². The van der Waals surface area contributed by atoms with Gasteiger partial charge in [-0.2, -0.15) is 20.2 Å². The predicted octanol–water partition coefficient (Wildman–Crippen LogP) is -1.59. The van der Waals surface area contributed by atoms with Gasteiger partial charge in [0.25, 0.3) is 0 Å². The predicted molar refractivity (Wildman–Crippen MR) is 84.4 cm³/mol. The standard InChI is InChI=1S/C10H19NO9S3/c1-21-3-2-6(11-20-23(16,17)18)22-10-9(15)8(14)7(13)5(4-12)19-10/h5,7-10,12-15H,2-4H2,1H3,(H,16,17,18). The number of thioether (sulfide) groups is 2. The highest BCUT2D eigenvalue weighted by molar-refractivity contribution is 8.14. The summed E-state index contributed by atoms with van der Waals surface area (Å²) in [5.74, 6) is 0.540. The van der Waals surface area contributed by atoms with Crippen molar-refractivity contribution in [2.45, 2.75) is 36.3 Å². The molecule has 13 heteroatoms. The zero-order chi connectivity index (χ0) is 17.6. The molecule has 1 fully saturated rings. The Bertz CT molecular complexity index is 498. The van der Waals surface area contributed by atoms with E-state index in [1.807, 2.05) is 0 Å². The smallest absolute Gasteiger partial charge is 0.394 e. The number of nitrogens with zero attached hydrogens (tertiary/aromatic N) is 1. The summed E-state index contributed by atoms with van der Waals surface area (Å²) < 4.78 is 38.9. The van der Waals surface area contributed by atoms with Crippen molar-refractivity contribution in [3.05, 3.63) is 0 Å². The Labute approximate surface area is 141 Å². The number of hydrogen-bond acceptors (Lipinski definition) is 11. The van der Waals surface area contributed by atoms with Crippen molar-refractivity contribution in [2.24, 2.45) is 5.16 Å². The molecule has 1 rings (SSSR count). The average Bonchev–Trinajstić information content (AvgIpc) is 2.49. The maximum absolute atomic E-state index is 10.6. The summed E-state index contributed by atoms with van der Waals surface area (Å²) in [6.07, 6.45) is -3.58. The number of ether oxygens (including phenoxy) is 1. The normalized spacial score (nSPS) is 32.8. The minimum atomic E-state index is -4.77. The van der Waals surface area contributed by atoms with E-state index < -0.39 is 46.9 Å². The number of aliphatic hydroxyl groups excluding tert-OH is 4. The molecule has 0 amide bonds. The molecule has 0 radical (unpaired) electrons. The summed E-state index contributed by atoms with van der Waals surface area (Å²) in [7, 11) is -4.77. The fourth-order valence-electron chi connectivity index (χ4n) is 1.70. The van der Waals surface area contributed by atoms with Crippen LogP contribution in [0.4, 0.5) is 0 Å². The molecular formula is C10H19NO9S3. The van der Waals surface area contributed by atoms with Crippen LogP contribution in [0.25, 0.3) is 0 Å². The third kappa shape index (κ3) is 6.72. The van der Waals surface area contributed by atoms with E-state index in [-0.39, 0.29) is 11.5 Å². The first-order valence-electron chi connectivity index (χ1n) is 6.38. The minimum absolute atomic E-state index is 0.0845. The fourth-order valence-corrected chi connectivity index (χ4v) is 3.53. The molecule has 0 aromatic carbocycles. The first-order chi connectivity index (χ1) is 10.7. The Balaban J connectivity index is 2.84. The van der Waals surface area contributed by atoms with Gasteiger partial charge in [0.2, 0.25) is 0 Å². The van der Waals surface area contributed by atoms with Crippen LogP contribution in [-0.2, 0) is 19.4 Å². The van der Waals surface area contributed by atoms with Crippen LogP contribution in [0.5, 0.6) is 0 Å². The highest BCUT2D eigenvalue weighted by Crippen LogP contribution is 2.30. The summed E-state index contributed by atoms with van der Waals surface area (Å²) in [6, 6.07) is 0. The van der Waals surface area contributed by atoms with Crippen molar-refractivity contribution in [1.29, 1.82) is 0 Å². The molecule has 1 saturated heterocycles. The van der Waals surface area contributed by atoms with E-state index in [4.69, 9.17) is 14.4 Å². The molecule has 23 heavy (non-hydrogen) atoms. The Morgan fingerprint density at radius 1 is 1.26 bits per heavy atom. The van der Waals surface area contributed by atoms with Crippen LogP contribution in [0, 0.1) is 0 Å². The summed E-state index contributed by atoms with van der Waals surface area (Å²) in [6.45, 7) is -0.583. The molecule has 5 N–H and O–H groups in total. The molecule has 136 valence electrons. The van der Waals surface area contributed by atoms with Crippen molar-refractivity contribution in [1.82, 2.24) is 0 Å². The van der Waals surface area contributed by atoms with Gasteiger partial charge in [0.05, 0.1) is 6.61 Å². The van der Waals surface area contributed by atoms with Crippen LogP contribution in [0.3, 0.4) is 0 Å². The Morgan fingerprint density at radius 2 is 1.91 bits per heavy atom. The Kier molecular flexibility index (Phi) is 8.54. The van der Waals surface area contributed by atoms with Gasteiger partial charge in [-0.1, -0.05) is 16.9 Å². The van der Waals surface area contributed by atoms with Crippen molar-refractivity contribution < 1.29 is 42.4 Å². The monoisotopic (exact) mass is 393 g/mol. The zero-order valence-electron chi connectivity index (χ0n) is 12.0. The number of hydrogen-bond donors (Lipinski definition) is 5. The van der Waals surface area contributed by atoms with Crippen LogP contribution in [0.2, 0.25) is 0 Å². The van der Waals surface area contributed by atoms with Crippen molar-refractivity contribution in [2.75, 3.05) is 18.6 Å². The lowest BCUT2D eigenvalue weighted by molar-refractivity contribution is -0.205. The van der Waals surface area contributed by atoms with Gasteiger partial charge in [-0.15, -0.1) is 0 Å². The van der Waals surface area contributed by atoms with E-state index in [1.165, 1.54) is 11.8 Å². The maximum Gasteiger partial charge on any atom is 0.466 e. The largest absolute Gasteiger partial charge is 0.466 e. The van der Waals surface area contributed by atoms with E-state index in [1.54, 1.807) is 6.26 Å². The summed E-state index contributed by atoms with van der Waals surface area (Å²) in [4.78, 5) is 0. The molecular weight excluding hydrogens is 374 g/mol. The average molecular weight is 393 g/mol. The lowest BCUT2D eigenvalue weighted by Crippen LogP contribution is -2.57. The van der Waals surface area contributed by atoms with Crippen LogP contribution in [0.1, 0.15) is 6.42 Å². The SMILES string of the molecule is CSCCC(=NOS(=O)(=O)O)SC1OC(CO)C(O)C(O)C1O. The zero-order valence-corrected chi connectivity index (χ0v) is 14.5. The Hall–Kier alpha value is -0.120. The van der Waals surface area contributed by atoms with Gasteiger partial charge in [-0.3, -0.25) is 4.55 Å². The second-order valence-corrected chi connectivity index (χ2v) is 7.71. The highest BCUT2D eigenvalue weighted by atomic mass is 32.3. The van der Waals surface area contributed by atoms with Crippen molar-refractivity contribution in [3.8, 4) is 0 Å². The van der Waals surface area contributed by atoms with E-state index in [9.17, 15) is 23.7 Å². The highest BCUT2D eigenvalue weighted by Gasteiger charge is 2.44. The van der Waals surface area contributed by atoms with Crippen LogP contribution in [0.15, 0.2) is 5.16 Å². The van der Waals surface area contributed by atoms with Gasteiger partial charge in [0, 0.05) is 6.42 Å². The third-order valence-electron chi connectivity index (χ3n) is 2.85. The fraction of sp³-hybridized carbons (Fsp3) is 0.900. The van der Waals surface area contributed by atoms with Crippen molar-refractivity contribution >= 4 is 39.0 Å². The molecule has 1 heterocycles. The molecule has 5 unspecified atom stereocenters. The molecule has 0 aromatic heterocycles. The first-order valence-corrected chi connectivity index (χ1v) is 10.0. The van der Waals surface area contributed by atoms with E-state index in [2.05, 4.69) is 9.44 Å². The maximum atomic E-state index is 10.6. The summed E-state index contributed by atoms with van der Waals surface area (Å²) >= 11 is 2.20. The summed E-state index contributed by atoms with van der Waals surface area (Å²) in [5.41, 5.74) is -1.11. The lowest BCUT2D eigenvalue weighted by Gasteiger charge is -2.39. The molecule has 0 aliphatic carbocycles. The number of aliphatic hydroxyl groups is 4. The Morgan fingerprint density at radius 3 is 2.43 bits per heavy atom. The van der Waals surface area contributed by atoms with E-state index in [0.29, 0.717) is 5.75 Å². The lowest BCUT2D eigenvalue weighted by atomic mass is 10.0. The molecule has 0 spiro atoms. The molecule has 5 atom stereocenters. The van der Waals surface area contributed by atoms with Crippen LogP contribution >= 0.6 is 23.5 Å². The topological polar surface area (TPSA) is 166 Å². The van der Waals surface area contributed by atoms with Gasteiger partial charge in [0.1, 0.15) is 34.9 Å². The van der Waals surface area contributed by atoms with E-state index in [0.717, 1.165) is 11.8 Å². The number of rotatable bonds is 7. The minimum Gasteiger partial charge on any atom is -0.394 e. The van der Waals surface area contributed by atoms with Crippen molar-refractivity contribution in [3.63, 3.8) is 0 Å². The van der Waals surface area contributed by atoms with E-state index >= 15 is 0 Å². The second kappa shape index (κ2) is 9.39. The van der Waals surface area contributed by atoms with Gasteiger partial charge in [-0.25, -0.2) is 4.28 Å². The van der Waals surface area contributed by atoms with Crippen LogP contribution < -0.4 is 0 Å². The first kappa shape index (κ1) is 20.9. The molecule has 10 nitrogen and oxygen atoms in total. The quantitative estimate of drug-likeness (QED) is 0.146. The molecule has 0 saturated carbocycles. The molecule has 0 bridgehead atoms. The van der Waals surface area contributed by atoms with Gasteiger partial charge >= 0.3 is 10.4 Å². The number of oxime groups is 1. The third-order valence-corrected chi connectivity index (χ3v) is 4.90. The summed E-state index contributed by atoms with van der Waals surface area (Å²) in [5, 5.41) is 41.8. The molecule has 1 aliphatic heterocycles. The van der Waals surface area contributed by atoms with Gasteiger partial charge in [-0.05, 0) is 12.0 Å². The van der Waals surface area contributed by atoms with Gasteiger partial charge < -0.3 is 25.2 Å². The molecule has 0 aromatic rings. The molecule has 1 aliphatic rings.